The first-order valence-corrected chi connectivity index (χ1v) is 5.29. The van der Waals surface area contributed by atoms with Crippen LogP contribution in [0.5, 0.6) is 0 Å². The Morgan fingerprint density at radius 2 is 2.27 bits per heavy atom. The number of hydrogen-bond acceptors (Lipinski definition) is 2. The van der Waals surface area contributed by atoms with Crippen molar-refractivity contribution in [2.75, 3.05) is 24.6 Å². The van der Waals surface area contributed by atoms with E-state index in [1.165, 1.54) is 11.5 Å². The molecule has 64 valence electrons. The minimum atomic E-state index is 0.897. The van der Waals surface area contributed by atoms with Crippen LogP contribution in [0.1, 0.15) is 19.8 Å². The van der Waals surface area contributed by atoms with E-state index < -0.39 is 0 Å². The van der Waals surface area contributed by atoms with Crippen LogP contribution in [-0.2, 0) is 0 Å². The van der Waals surface area contributed by atoms with Gasteiger partial charge in [-0.05, 0) is 18.7 Å². The van der Waals surface area contributed by atoms with Gasteiger partial charge in [-0.15, -0.1) is 12.3 Å². The van der Waals surface area contributed by atoms with E-state index in [-0.39, 0.29) is 0 Å². The second kappa shape index (κ2) is 9.87. The summed E-state index contributed by atoms with van der Waals surface area (Å²) < 4.78 is 0. The average molecular weight is 171 g/mol. The number of hydrogen-bond donors (Lipinski definition) is 1. The Kier molecular flexibility index (Phi) is 9.75. The predicted octanol–water partition coefficient (Wildman–Crippen LogP) is 1.74. The lowest BCUT2D eigenvalue weighted by Gasteiger charge is -2.01. The molecule has 0 aliphatic heterocycles. The summed E-state index contributed by atoms with van der Waals surface area (Å²) in [6, 6.07) is 0. The second-order valence-electron chi connectivity index (χ2n) is 2.25. The van der Waals surface area contributed by atoms with E-state index in [4.69, 9.17) is 6.42 Å². The summed E-state index contributed by atoms with van der Waals surface area (Å²) in [7, 11) is 0. The molecule has 0 saturated carbocycles. The van der Waals surface area contributed by atoms with Crippen molar-refractivity contribution in [2.45, 2.75) is 19.8 Å². The Morgan fingerprint density at radius 3 is 2.91 bits per heavy atom. The highest BCUT2D eigenvalue weighted by molar-refractivity contribution is 7.99. The van der Waals surface area contributed by atoms with Crippen LogP contribution in [0.2, 0.25) is 0 Å². The SMILES string of the molecule is C#CCCCNCCSCC. The number of thioether (sulfide) groups is 1. The van der Waals surface area contributed by atoms with Gasteiger partial charge in [0.15, 0.2) is 0 Å². The van der Waals surface area contributed by atoms with Crippen LogP contribution >= 0.6 is 11.8 Å². The number of terminal acetylenes is 1. The zero-order chi connectivity index (χ0) is 8.36. The summed E-state index contributed by atoms with van der Waals surface area (Å²) in [6.45, 7) is 4.36. The Morgan fingerprint density at radius 1 is 1.45 bits per heavy atom. The van der Waals surface area contributed by atoms with Crippen molar-refractivity contribution in [3.05, 3.63) is 0 Å². The smallest absolute Gasteiger partial charge is 0.00981 e. The summed E-state index contributed by atoms with van der Waals surface area (Å²) in [5.74, 6) is 5.05. The van der Waals surface area contributed by atoms with Crippen LogP contribution in [0.4, 0.5) is 0 Å². The van der Waals surface area contributed by atoms with E-state index in [0.717, 1.165) is 25.9 Å². The summed E-state index contributed by atoms with van der Waals surface area (Å²) in [4.78, 5) is 0. The van der Waals surface area contributed by atoms with Crippen LogP contribution in [0.3, 0.4) is 0 Å². The largest absolute Gasteiger partial charge is 0.316 e. The lowest BCUT2D eigenvalue weighted by atomic mass is 10.3. The van der Waals surface area contributed by atoms with Crippen LogP contribution < -0.4 is 5.32 Å². The quantitative estimate of drug-likeness (QED) is 0.462. The monoisotopic (exact) mass is 171 g/mol. The van der Waals surface area contributed by atoms with Crippen LogP contribution in [0.15, 0.2) is 0 Å². The maximum atomic E-state index is 5.11. The molecule has 0 rings (SSSR count). The zero-order valence-electron chi connectivity index (χ0n) is 7.23. The maximum absolute atomic E-state index is 5.11. The van der Waals surface area contributed by atoms with E-state index in [1.807, 2.05) is 11.8 Å². The Bertz CT molecular complexity index is 107. The highest BCUT2D eigenvalue weighted by Gasteiger charge is 1.86. The third-order valence-corrected chi connectivity index (χ3v) is 2.20. The molecule has 2 heteroatoms. The molecule has 0 heterocycles. The van der Waals surface area contributed by atoms with Crippen LogP contribution in [0.25, 0.3) is 0 Å². The van der Waals surface area contributed by atoms with Gasteiger partial charge in [-0.1, -0.05) is 6.92 Å². The van der Waals surface area contributed by atoms with E-state index in [0.29, 0.717) is 0 Å². The van der Waals surface area contributed by atoms with Gasteiger partial charge in [0.25, 0.3) is 0 Å². The molecule has 0 aromatic rings. The summed E-state index contributed by atoms with van der Waals surface area (Å²) in [5, 5.41) is 3.34. The molecule has 0 aromatic heterocycles. The molecule has 0 saturated heterocycles. The van der Waals surface area contributed by atoms with Crippen molar-refractivity contribution in [3.8, 4) is 12.3 Å². The van der Waals surface area contributed by atoms with E-state index >= 15 is 0 Å². The number of rotatable bonds is 7. The summed E-state index contributed by atoms with van der Waals surface area (Å²) >= 11 is 1.97. The van der Waals surface area contributed by atoms with Gasteiger partial charge >= 0.3 is 0 Å². The molecule has 0 radical (unpaired) electrons. The molecule has 11 heavy (non-hydrogen) atoms. The second-order valence-corrected chi connectivity index (χ2v) is 3.65. The van der Waals surface area contributed by atoms with Gasteiger partial charge < -0.3 is 5.32 Å². The Balaban J connectivity index is 2.75. The third kappa shape index (κ3) is 9.87. The molecule has 0 spiro atoms. The molecule has 0 bridgehead atoms. The molecular weight excluding hydrogens is 154 g/mol. The molecule has 0 aromatic carbocycles. The lowest BCUT2D eigenvalue weighted by molar-refractivity contribution is 0.688. The van der Waals surface area contributed by atoms with Gasteiger partial charge in [0.1, 0.15) is 0 Å². The molecule has 0 unspecified atom stereocenters. The molecule has 1 nitrogen and oxygen atoms in total. The number of nitrogens with one attached hydrogen (secondary N) is 1. The van der Waals surface area contributed by atoms with E-state index in [9.17, 15) is 0 Å². The highest BCUT2D eigenvalue weighted by atomic mass is 32.2. The standard InChI is InChI=1S/C9H17NS/c1-3-5-6-7-10-8-9-11-4-2/h1,10H,4-9H2,2H3. The number of unbranched alkanes of at least 4 members (excludes halogenated alkanes) is 1. The fourth-order valence-electron chi connectivity index (χ4n) is 0.729. The van der Waals surface area contributed by atoms with Gasteiger partial charge in [-0.2, -0.15) is 11.8 Å². The Hall–Kier alpha value is -0.130. The zero-order valence-corrected chi connectivity index (χ0v) is 8.04. The summed E-state index contributed by atoms with van der Waals surface area (Å²) in [5.41, 5.74) is 0. The first kappa shape index (κ1) is 10.9. The maximum Gasteiger partial charge on any atom is 0.00981 e. The van der Waals surface area contributed by atoms with Crippen molar-refractivity contribution >= 4 is 11.8 Å². The van der Waals surface area contributed by atoms with Gasteiger partial charge in [0.05, 0.1) is 0 Å². The van der Waals surface area contributed by atoms with Crippen molar-refractivity contribution in [1.82, 2.24) is 5.32 Å². The van der Waals surface area contributed by atoms with Crippen LogP contribution in [0, 0.1) is 12.3 Å². The van der Waals surface area contributed by atoms with E-state index in [2.05, 4.69) is 18.2 Å². The molecule has 0 amide bonds. The van der Waals surface area contributed by atoms with Gasteiger partial charge in [0, 0.05) is 18.7 Å². The van der Waals surface area contributed by atoms with E-state index in [1.54, 1.807) is 0 Å². The topological polar surface area (TPSA) is 12.0 Å². The normalized spacial score (nSPS) is 9.45. The minimum absolute atomic E-state index is 0.897. The minimum Gasteiger partial charge on any atom is -0.316 e. The average Bonchev–Trinajstić information content (AvgIpc) is 2.03. The molecule has 0 aliphatic rings. The van der Waals surface area contributed by atoms with Crippen molar-refractivity contribution in [3.63, 3.8) is 0 Å². The van der Waals surface area contributed by atoms with Gasteiger partial charge in [0.2, 0.25) is 0 Å². The fourth-order valence-corrected chi connectivity index (χ4v) is 1.31. The summed E-state index contributed by atoms with van der Waals surface area (Å²) in [6.07, 6.45) is 7.11. The molecule has 1 N–H and O–H groups in total. The molecule has 0 aliphatic carbocycles. The van der Waals surface area contributed by atoms with Crippen molar-refractivity contribution < 1.29 is 0 Å². The van der Waals surface area contributed by atoms with Crippen LogP contribution in [-0.4, -0.2) is 24.6 Å². The highest BCUT2D eigenvalue weighted by Crippen LogP contribution is 1.94. The van der Waals surface area contributed by atoms with Gasteiger partial charge in [-0.3, -0.25) is 0 Å². The fraction of sp³-hybridized carbons (Fsp3) is 0.778. The molecule has 0 atom stereocenters. The van der Waals surface area contributed by atoms with Crippen molar-refractivity contribution in [1.29, 1.82) is 0 Å². The lowest BCUT2D eigenvalue weighted by Crippen LogP contribution is -2.18. The first-order valence-electron chi connectivity index (χ1n) is 4.13. The first-order chi connectivity index (χ1) is 5.41. The Labute approximate surface area is 74.3 Å². The predicted molar refractivity (Wildman–Crippen MR) is 53.9 cm³/mol. The third-order valence-electron chi connectivity index (χ3n) is 1.30. The van der Waals surface area contributed by atoms with Crippen molar-refractivity contribution in [2.24, 2.45) is 0 Å². The molecule has 0 fully saturated rings. The van der Waals surface area contributed by atoms with Gasteiger partial charge in [-0.25, -0.2) is 0 Å². The molecular formula is C9H17NS.